The van der Waals surface area contributed by atoms with Crippen molar-refractivity contribution in [2.45, 2.75) is 25.9 Å². The van der Waals surface area contributed by atoms with E-state index in [2.05, 4.69) is 0 Å². The molecule has 0 saturated carbocycles. The number of carbonyl (C=O) groups is 2. The molecule has 2 rings (SSSR count). The van der Waals surface area contributed by atoms with Crippen molar-refractivity contribution in [3.8, 4) is 0 Å². The molecule has 0 aliphatic heterocycles. The van der Waals surface area contributed by atoms with Crippen molar-refractivity contribution < 1.29 is 14.3 Å². The van der Waals surface area contributed by atoms with E-state index in [9.17, 15) is 9.59 Å². The SMILES string of the molecule is CC(C=O)CC(C(=O)OCc1ccccc1)c1ccccc1. The number of esters is 1. The highest BCUT2D eigenvalue weighted by Gasteiger charge is 2.24. The molecule has 0 amide bonds. The summed E-state index contributed by atoms with van der Waals surface area (Å²) in [7, 11) is 0. The van der Waals surface area contributed by atoms with Crippen LogP contribution in [0.1, 0.15) is 30.4 Å². The lowest BCUT2D eigenvalue weighted by Crippen LogP contribution is -2.19. The minimum absolute atomic E-state index is 0.186. The average molecular weight is 296 g/mol. The van der Waals surface area contributed by atoms with Gasteiger partial charge in [-0.2, -0.15) is 0 Å². The second kappa shape index (κ2) is 8.13. The van der Waals surface area contributed by atoms with Gasteiger partial charge in [0.1, 0.15) is 12.9 Å². The number of rotatable bonds is 7. The van der Waals surface area contributed by atoms with Crippen molar-refractivity contribution in [2.75, 3.05) is 0 Å². The lowest BCUT2D eigenvalue weighted by molar-refractivity contribution is -0.147. The molecule has 0 radical (unpaired) electrons. The molecule has 0 N–H and O–H groups in total. The highest BCUT2D eigenvalue weighted by molar-refractivity contribution is 5.78. The second-order valence-electron chi connectivity index (χ2n) is 5.41. The van der Waals surface area contributed by atoms with Crippen molar-refractivity contribution >= 4 is 12.3 Å². The average Bonchev–Trinajstić information content (AvgIpc) is 2.59. The largest absolute Gasteiger partial charge is 0.460 e. The molecule has 3 nitrogen and oxygen atoms in total. The van der Waals surface area contributed by atoms with E-state index < -0.39 is 5.92 Å². The molecule has 2 unspecified atom stereocenters. The normalized spacial score (nSPS) is 13.1. The number of hydrogen-bond donors (Lipinski definition) is 0. The van der Waals surface area contributed by atoms with Gasteiger partial charge in [-0.3, -0.25) is 4.79 Å². The molecule has 3 heteroatoms. The van der Waals surface area contributed by atoms with Crippen molar-refractivity contribution in [3.63, 3.8) is 0 Å². The van der Waals surface area contributed by atoms with Crippen LogP contribution in [0.5, 0.6) is 0 Å². The molecule has 2 aromatic rings. The van der Waals surface area contributed by atoms with Gasteiger partial charge in [-0.05, 0) is 17.5 Å². The van der Waals surface area contributed by atoms with E-state index in [4.69, 9.17) is 4.74 Å². The fourth-order valence-electron chi connectivity index (χ4n) is 2.31. The molecule has 0 bridgehead atoms. The van der Waals surface area contributed by atoms with E-state index in [1.54, 1.807) is 0 Å². The Balaban J connectivity index is 2.07. The van der Waals surface area contributed by atoms with Crippen LogP contribution in [0.2, 0.25) is 0 Å². The predicted molar refractivity (Wildman–Crippen MR) is 85.3 cm³/mol. The molecule has 2 aromatic carbocycles. The smallest absolute Gasteiger partial charge is 0.313 e. The first-order valence-electron chi connectivity index (χ1n) is 7.41. The summed E-state index contributed by atoms with van der Waals surface area (Å²) in [4.78, 5) is 23.4. The van der Waals surface area contributed by atoms with Crippen molar-refractivity contribution in [1.29, 1.82) is 0 Å². The van der Waals surface area contributed by atoms with Gasteiger partial charge in [0.15, 0.2) is 0 Å². The van der Waals surface area contributed by atoms with Gasteiger partial charge in [0.2, 0.25) is 0 Å². The molecule has 0 saturated heterocycles. The van der Waals surface area contributed by atoms with Gasteiger partial charge in [-0.25, -0.2) is 0 Å². The topological polar surface area (TPSA) is 43.4 Å². The highest BCUT2D eigenvalue weighted by Crippen LogP contribution is 2.25. The Bertz CT molecular complexity index is 593. The van der Waals surface area contributed by atoms with Crippen LogP contribution in [0.15, 0.2) is 60.7 Å². The zero-order valence-corrected chi connectivity index (χ0v) is 12.6. The molecule has 0 spiro atoms. The fourth-order valence-corrected chi connectivity index (χ4v) is 2.31. The van der Waals surface area contributed by atoms with E-state index in [1.165, 1.54) is 0 Å². The molecule has 114 valence electrons. The Hall–Kier alpha value is -2.42. The monoisotopic (exact) mass is 296 g/mol. The predicted octanol–water partition coefficient (Wildman–Crippen LogP) is 3.74. The van der Waals surface area contributed by atoms with Crippen LogP contribution in [0.25, 0.3) is 0 Å². The molecule has 0 fully saturated rings. The van der Waals surface area contributed by atoms with Crippen molar-refractivity contribution in [2.24, 2.45) is 5.92 Å². The maximum Gasteiger partial charge on any atom is 0.313 e. The van der Waals surface area contributed by atoms with Gasteiger partial charge in [0.25, 0.3) is 0 Å². The fraction of sp³-hybridized carbons (Fsp3) is 0.263. The van der Waals surface area contributed by atoms with Crippen LogP contribution in [-0.4, -0.2) is 12.3 Å². The Morgan fingerprint density at radius 1 is 1.05 bits per heavy atom. The van der Waals surface area contributed by atoms with Crippen molar-refractivity contribution in [3.05, 3.63) is 71.8 Å². The molecule has 2 atom stereocenters. The molecular formula is C19H20O3. The van der Waals surface area contributed by atoms with E-state index in [-0.39, 0.29) is 18.5 Å². The molecule has 0 aliphatic rings. The van der Waals surface area contributed by atoms with Gasteiger partial charge < -0.3 is 9.53 Å². The third-order valence-electron chi connectivity index (χ3n) is 3.55. The summed E-state index contributed by atoms with van der Waals surface area (Å²) in [6, 6.07) is 19.0. The molecule has 0 aliphatic carbocycles. The van der Waals surface area contributed by atoms with Crippen LogP contribution >= 0.6 is 0 Å². The highest BCUT2D eigenvalue weighted by atomic mass is 16.5. The van der Waals surface area contributed by atoms with Crippen LogP contribution in [-0.2, 0) is 20.9 Å². The Labute approximate surface area is 130 Å². The summed E-state index contributed by atoms with van der Waals surface area (Å²) in [5.74, 6) is -0.886. The Morgan fingerprint density at radius 2 is 1.64 bits per heavy atom. The third-order valence-corrected chi connectivity index (χ3v) is 3.55. The van der Waals surface area contributed by atoms with Crippen LogP contribution < -0.4 is 0 Å². The molecule has 0 aromatic heterocycles. The zero-order valence-electron chi connectivity index (χ0n) is 12.6. The van der Waals surface area contributed by atoms with Crippen LogP contribution in [0.4, 0.5) is 0 Å². The van der Waals surface area contributed by atoms with Gasteiger partial charge in [0, 0.05) is 5.92 Å². The van der Waals surface area contributed by atoms with Gasteiger partial charge in [-0.15, -0.1) is 0 Å². The second-order valence-corrected chi connectivity index (χ2v) is 5.41. The van der Waals surface area contributed by atoms with Gasteiger partial charge in [0.05, 0.1) is 5.92 Å². The summed E-state index contributed by atoms with van der Waals surface area (Å²) in [5.41, 5.74) is 1.83. The van der Waals surface area contributed by atoms with Crippen LogP contribution in [0, 0.1) is 5.92 Å². The maximum absolute atomic E-state index is 12.4. The molecule has 0 heterocycles. The standard InChI is InChI=1S/C19H20O3/c1-15(13-20)12-18(17-10-6-3-7-11-17)19(21)22-14-16-8-4-2-5-9-16/h2-11,13,15,18H,12,14H2,1H3. The summed E-state index contributed by atoms with van der Waals surface area (Å²) in [5, 5.41) is 0. The van der Waals surface area contributed by atoms with E-state index in [0.717, 1.165) is 17.4 Å². The lowest BCUT2D eigenvalue weighted by Gasteiger charge is -2.18. The zero-order chi connectivity index (χ0) is 15.8. The summed E-state index contributed by atoms with van der Waals surface area (Å²) in [6.07, 6.45) is 1.33. The third kappa shape index (κ3) is 4.55. The molecule has 22 heavy (non-hydrogen) atoms. The van der Waals surface area contributed by atoms with E-state index >= 15 is 0 Å². The first kappa shape index (κ1) is 16.0. The first-order valence-corrected chi connectivity index (χ1v) is 7.41. The number of ether oxygens (including phenoxy) is 1. The summed E-state index contributed by atoms with van der Waals surface area (Å²) in [6.45, 7) is 2.06. The number of hydrogen-bond acceptors (Lipinski definition) is 3. The van der Waals surface area contributed by atoms with Gasteiger partial charge in [-0.1, -0.05) is 67.6 Å². The lowest BCUT2D eigenvalue weighted by atomic mass is 9.90. The maximum atomic E-state index is 12.4. The van der Waals surface area contributed by atoms with Gasteiger partial charge >= 0.3 is 5.97 Å². The van der Waals surface area contributed by atoms with E-state index in [0.29, 0.717) is 6.42 Å². The minimum Gasteiger partial charge on any atom is -0.460 e. The van der Waals surface area contributed by atoms with E-state index in [1.807, 2.05) is 67.6 Å². The minimum atomic E-state index is -0.412. The van der Waals surface area contributed by atoms with Crippen LogP contribution in [0.3, 0.4) is 0 Å². The molecular weight excluding hydrogens is 276 g/mol. The first-order chi connectivity index (χ1) is 10.7. The quantitative estimate of drug-likeness (QED) is 0.577. The Kier molecular flexibility index (Phi) is 5.90. The Morgan fingerprint density at radius 3 is 2.23 bits per heavy atom. The number of carbonyl (C=O) groups excluding carboxylic acids is 2. The number of aldehydes is 1. The summed E-state index contributed by atoms with van der Waals surface area (Å²) >= 11 is 0. The van der Waals surface area contributed by atoms with Crippen molar-refractivity contribution in [1.82, 2.24) is 0 Å². The summed E-state index contributed by atoms with van der Waals surface area (Å²) < 4.78 is 5.44. The number of benzene rings is 2.